The van der Waals surface area contributed by atoms with E-state index >= 15 is 0 Å². The summed E-state index contributed by atoms with van der Waals surface area (Å²) in [5, 5.41) is 2.74. The summed E-state index contributed by atoms with van der Waals surface area (Å²) in [6.07, 6.45) is 0.870. The summed E-state index contributed by atoms with van der Waals surface area (Å²) in [5.74, 6) is 5.29. The third kappa shape index (κ3) is 5.67. The van der Waals surface area contributed by atoms with Crippen molar-refractivity contribution < 1.29 is 9.59 Å². The minimum atomic E-state index is -0.194. The van der Waals surface area contributed by atoms with E-state index in [0.717, 1.165) is 12.0 Å². The van der Waals surface area contributed by atoms with Crippen molar-refractivity contribution in [3.63, 3.8) is 0 Å². The molecule has 0 saturated carbocycles. The van der Waals surface area contributed by atoms with E-state index in [0.29, 0.717) is 18.7 Å². The van der Waals surface area contributed by atoms with Gasteiger partial charge in [0.15, 0.2) is 0 Å². The number of rotatable bonds is 5. The van der Waals surface area contributed by atoms with Crippen molar-refractivity contribution in [3.8, 4) is 11.8 Å². The second-order valence-electron chi connectivity index (χ2n) is 4.59. The Kier molecular flexibility index (Phi) is 6.99. The lowest BCUT2D eigenvalue weighted by atomic mass is 10.1. The fourth-order valence-electron chi connectivity index (χ4n) is 1.68. The van der Waals surface area contributed by atoms with Crippen LogP contribution in [0.2, 0.25) is 0 Å². The number of benzene rings is 1. The third-order valence-corrected chi connectivity index (χ3v) is 2.77. The number of hydrogen-bond donors (Lipinski definition) is 2. The summed E-state index contributed by atoms with van der Waals surface area (Å²) in [7, 11) is 1.61. The molecule has 0 spiro atoms. The molecule has 5 heteroatoms. The van der Waals surface area contributed by atoms with Crippen molar-refractivity contribution in [2.24, 2.45) is 5.73 Å². The fraction of sp³-hybridized carbons (Fsp3) is 0.375. The molecule has 0 atom stereocenters. The molecular weight excluding hydrogens is 266 g/mol. The quantitative estimate of drug-likeness (QED) is 0.779. The number of nitrogens with two attached hydrogens (primary N) is 1. The van der Waals surface area contributed by atoms with Crippen LogP contribution in [0.1, 0.15) is 29.3 Å². The number of carbonyl (C=O) groups excluding carboxylic acids is 2. The molecule has 0 aliphatic carbocycles. The maximum atomic E-state index is 12.2. The van der Waals surface area contributed by atoms with Crippen LogP contribution in [-0.2, 0) is 4.79 Å². The van der Waals surface area contributed by atoms with Crippen molar-refractivity contribution in [1.29, 1.82) is 0 Å². The van der Waals surface area contributed by atoms with Gasteiger partial charge in [0.1, 0.15) is 0 Å². The molecule has 21 heavy (non-hydrogen) atoms. The number of carbonyl (C=O) groups is 2. The van der Waals surface area contributed by atoms with Gasteiger partial charge in [-0.15, -0.1) is 0 Å². The molecule has 5 nitrogen and oxygen atoms in total. The number of amides is 2. The van der Waals surface area contributed by atoms with E-state index in [1.165, 1.54) is 4.90 Å². The molecule has 0 aromatic heterocycles. The van der Waals surface area contributed by atoms with Crippen LogP contribution in [-0.4, -0.2) is 43.4 Å². The Morgan fingerprint density at radius 3 is 2.52 bits per heavy atom. The molecule has 0 fully saturated rings. The van der Waals surface area contributed by atoms with Gasteiger partial charge in [-0.2, -0.15) is 0 Å². The number of nitrogens with zero attached hydrogens (tertiary/aromatic N) is 1. The van der Waals surface area contributed by atoms with Gasteiger partial charge in [0.2, 0.25) is 5.91 Å². The van der Waals surface area contributed by atoms with E-state index in [9.17, 15) is 9.59 Å². The molecule has 1 aromatic rings. The molecule has 0 unspecified atom stereocenters. The summed E-state index contributed by atoms with van der Waals surface area (Å²) in [5.41, 5.74) is 6.64. The molecule has 0 aliphatic rings. The van der Waals surface area contributed by atoms with Crippen LogP contribution in [0.3, 0.4) is 0 Å². The third-order valence-electron chi connectivity index (χ3n) is 2.77. The van der Waals surface area contributed by atoms with E-state index < -0.39 is 0 Å². The predicted molar refractivity (Wildman–Crippen MR) is 82.6 cm³/mol. The zero-order valence-corrected chi connectivity index (χ0v) is 12.5. The van der Waals surface area contributed by atoms with Crippen LogP contribution in [0.25, 0.3) is 0 Å². The van der Waals surface area contributed by atoms with E-state index in [1.54, 1.807) is 31.3 Å². The molecular formula is C16H21N3O2. The van der Waals surface area contributed by atoms with Crippen LogP contribution in [0.15, 0.2) is 24.3 Å². The second kappa shape index (κ2) is 8.77. The largest absolute Gasteiger partial charge is 0.355 e. The number of hydrogen-bond acceptors (Lipinski definition) is 3. The van der Waals surface area contributed by atoms with Crippen LogP contribution >= 0.6 is 0 Å². The molecule has 1 rings (SSSR count). The highest BCUT2D eigenvalue weighted by Gasteiger charge is 2.14. The van der Waals surface area contributed by atoms with Crippen molar-refractivity contribution >= 4 is 11.8 Å². The average molecular weight is 287 g/mol. The molecule has 0 heterocycles. The Labute approximate surface area is 125 Å². The van der Waals surface area contributed by atoms with Crippen LogP contribution in [0.5, 0.6) is 0 Å². The van der Waals surface area contributed by atoms with Crippen molar-refractivity contribution in [2.45, 2.75) is 13.3 Å². The van der Waals surface area contributed by atoms with Gasteiger partial charge in [-0.05, 0) is 30.7 Å². The van der Waals surface area contributed by atoms with Gasteiger partial charge in [0.05, 0.1) is 13.1 Å². The zero-order valence-electron chi connectivity index (χ0n) is 12.5. The highest BCUT2D eigenvalue weighted by Crippen LogP contribution is 2.06. The Morgan fingerprint density at radius 2 is 1.95 bits per heavy atom. The van der Waals surface area contributed by atoms with Crippen molar-refractivity contribution in [1.82, 2.24) is 10.2 Å². The zero-order chi connectivity index (χ0) is 15.7. The first kappa shape index (κ1) is 16.7. The monoisotopic (exact) mass is 287 g/mol. The van der Waals surface area contributed by atoms with E-state index in [2.05, 4.69) is 17.2 Å². The van der Waals surface area contributed by atoms with E-state index in [-0.39, 0.29) is 18.4 Å². The Hall–Kier alpha value is -2.32. The summed E-state index contributed by atoms with van der Waals surface area (Å²) >= 11 is 0. The lowest BCUT2D eigenvalue weighted by molar-refractivity contribution is -0.121. The fourth-order valence-corrected chi connectivity index (χ4v) is 1.68. The molecule has 0 aliphatic heterocycles. The minimum Gasteiger partial charge on any atom is -0.355 e. The molecule has 0 bridgehead atoms. The standard InChI is InChI=1S/C16H21N3O2/c1-3-11-18-15(20)12-19(2)16(21)14-8-6-13(7-9-14)5-4-10-17/h6-9H,3,10-12,17H2,1-2H3,(H,18,20). The van der Waals surface area contributed by atoms with E-state index in [1.807, 2.05) is 6.92 Å². The molecule has 3 N–H and O–H groups in total. The summed E-state index contributed by atoms with van der Waals surface area (Å²) < 4.78 is 0. The average Bonchev–Trinajstić information content (AvgIpc) is 2.50. The maximum Gasteiger partial charge on any atom is 0.254 e. The maximum absolute atomic E-state index is 12.2. The lowest BCUT2D eigenvalue weighted by Crippen LogP contribution is -2.38. The van der Waals surface area contributed by atoms with Gasteiger partial charge in [0.25, 0.3) is 5.91 Å². The normalized spacial score (nSPS) is 9.48. The smallest absolute Gasteiger partial charge is 0.254 e. The van der Waals surface area contributed by atoms with Crippen molar-refractivity contribution in [3.05, 3.63) is 35.4 Å². The Morgan fingerprint density at radius 1 is 1.29 bits per heavy atom. The van der Waals surface area contributed by atoms with Gasteiger partial charge < -0.3 is 16.0 Å². The Balaban J connectivity index is 2.63. The number of nitrogens with one attached hydrogen (secondary N) is 1. The highest BCUT2D eigenvalue weighted by atomic mass is 16.2. The van der Waals surface area contributed by atoms with Crippen molar-refractivity contribution in [2.75, 3.05) is 26.7 Å². The topological polar surface area (TPSA) is 75.4 Å². The molecule has 112 valence electrons. The SMILES string of the molecule is CCCNC(=O)CN(C)C(=O)c1ccc(C#CCN)cc1. The van der Waals surface area contributed by atoms with Crippen LogP contribution < -0.4 is 11.1 Å². The van der Waals surface area contributed by atoms with Gasteiger partial charge in [-0.25, -0.2) is 0 Å². The first-order valence-corrected chi connectivity index (χ1v) is 6.89. The minimum absolute atomic E-state index is 0.0492. The predicted octanol–water partition coefficient (Wildman–Crippen LogP) is 0.595. The molecule has 2 amide bonds. The number of likely N-dealkylation sites (N-methyl/N-ethyl adjacent to an activating group) is 1. The highest BCUT2D eigenvalue weighted by molar-refractivity contribution is 5.96. The lowest BCUT2D eigenvalue weighted by Gasteiger charge is -2.16. The van der Waals surface area contributed by atoms with Gasteiger partial charge in [-0.3, -0.25) is 9.59 Å². The van der Waals surface area contributed by atoms with Crippen LogP contribution in [0, 0.1) is 11.8 Å². The second-order valence-corrected chi connectivity index (χ2v) is 4.59. The van der Waals surface area contributed by atoms with E-state index in [4.69, 9.17) is 5.73 Å². The molecule has 0 saturated heterocycles. The summed E-state index contributed by atoms with van der Waals surface area (Å²) in [6, 6.07) is 6.92. The molecule has 1 aromatic carbocycles. The first-order valence-electron chi connectivity index (χ1n) is 6.89. The summed E-state index contributed by atoms with van der Waals surface area (Å²) in [4.78, 5) is 25.1. The van der Waals surface area contributed by atoms with Gasteiger partial charge >= 0.3 is 0 Å². The van der Waals surface area contributed by atoms with Crippen LogP contribution in [0.4, 0.5) is 0 Å². The first-order chi connectivity index (χ1) is 10.1. The molecule has 0 radical (unpaired) electrons. The Bertz CT molecular complexity index is 541. The summed E-state index contributed by atoms with van der Waals surface area (Å²) in [6.45, 7) is 2.95. The van der Waals surface area contributed by atoms with Gasteiger partial charge in [0, 0.05) is 24.7 Å². The van der Waals surface area contributed by atoms with Gasteiger partial charge in [-0.1, -0.05) is 18.8 Å².